The maximum Gasteiger partial charge on any atom is 0.246 e. The van der Waals surface area contributed by atoms with Crippen molar-refractivity contribution < 1.29 is 38.6 Å². The zero-order valence-electron chi connectivity index (χ0n) is 41.8. The van der Waals surface area contributed by atoms with Crippen LogP contribution in [0.1, 0.15) is 119 Å². The number of unbranched alkanes of at least 4 members (excludes halogenated alkanes) is 2. The molecule has 0 saturated carbocycles. The molecule has 3 aromatic carbocycles. The highest BCUT2D eigenvalue weighted by Crippen LogP contribution is 2.39. The van der Waals surface area contributed by atoms with Gasteiger partial charge in [0.15, 0.2) is 0 Å². The molecule has 6 amide bonds. The van der Waals surface area contributed by atoms with E-state index in [0.29, 0.717) is 31.4 Å². The number of aliphatic hydroxyl groups is 1. The van der Waals surface area contributed by atoms with E-state index in [1.54, 1.807) is 16.2 Å². The third-order valence-electron chi connectivity index (χ3n) is 14.0. The van der Waals surface area contributed by atoms with Crippen LogP contribution in [-0.2, 0) is 48.0 Å². The van der Waals surface area contributed by atoms with Gasteiger partial charge < -0.3 is 42.2 Å². The quantitative estimate of drug-likeness (QED) is 0.0628. The number of hydrogen-bond donors (Lipinski definition) is 6. The number of amides is 6. The Kier molecular flexibility index (Phi) is 17.0. The summed E-state index contributed by atoms with van der Waals surface area (Å²) in [5.41, 5.74) is 20.4. The number of rotatable bonds is 20. The standard InChI is InChI=1S/C54H70N8O8S/c1-31-15-16-34(25-44(31)70-29-39(22-24-45(56)64)59-51(67)43-26-38-13-10-12-36-21-23-41(55)52(68)62(43)47(36)38)11-8-7-9-14-46(65)60-49(54(4,5)6)53(69)61-28-40(63)27-42(61)50(66)58-32(2)35-17-19-37(20-18-35)48-33(3)57-30-71-48/h10,12-13,15-20,25,30,32,39-43,49,63H,7-9,11,14,21-24,26-29,55H2,1-6H3,(H2,56,64)(H,58,66)(H,59,67)(H,60,65)/t32-,39-,40+,41-,42-,43-,49+/m0/s1. The predicted octanol–water partition coefficient (Wildman–Crippen LogP) is 5.26. The molecule has 380 valence electrons. The van der Waals surface area contributed by atoms with Gasteiger partial charge in [-0.3, -0.25) is 33.7 Å². The van der Waals surface area contributed by atoms with Crippen LogP contribution in [0, 0.1) is 19.3 Å². The predicted molar refractivity (Wildman–Crippen MR) is 273 cm³/mol. The van der Waals surface area contributed by atoms with Crippen molar-refractivity contribution in [1.82, 2.24) is 25.8 Å². The first-order valence-corrected chi connectivity index (χ1v) is 25.8. The molecular formula is C54H70N8O8S. The van der Waals surface area contributed by atoms with Gasteiger partial charge in [0, 0.05) is 32.2 Å². The van der Waals surface area contributed by atoms with Crippen molar-refractivity contribution in [3.8, 4) is 16.2 Å². The molecule has 3 aliphatic rings. The largest absolute Gasteiger partial charge is 0.491 e. The summed E-state index contributed by atoms with van der Waals surface area (Å²) in [4.78, 5) is 89.0. The molecule has 16 nitrogen and oxygen atoms in total. The number of likely N-dealkylation sites (tertiary alicyclic amines) is 1. The van der Waals surface area contributed by atoms with Gasteiger partial charge in [-0.05, 0) is 104 Å². The van der Waals surface area contributed by atoms with Crippen molar-refractivity contribution in [2.75, 3.05) is 18.1 Å². The average molecular weight is 991 g/mol. The van der Waals surface area contributed by atoms with E-state index in [-0.39, 0.29) is 68.5 Å². The summed E-state index contributed by atoms with van der Waals surface area (Å²) in [6.45, 7) is 11.4. The molecule has 1 saturated heterocycles. The van der Waals surface area contributed by atoms with E-state index in [1.165, 1.54) is 4.90 Å². The number of hydrogen-bond acceptors (Lipinski definition) is 11. The first-order chi connectivity index (χ1) is 33.8. The summed E-state index contributed by atoms with van der Waals surface area (Å²) < 4.78 is 6.31. The second-order valence-electron chi connectivity index (χ2n) is 20.6. The highest BCUT2D eigenvalue weighted by molar-refractivity contribution is 7.13. The summed E-state index contributed by atoms with van der Waals surface area (Å²) in [5.74, 6) is -1.53. The maximum atomic E-state index is 14.2. The Morgan fingerprint density at radius 1 is 0.930 bits per heavy atom. The molecule has 0 bridgehead atoms. The number of aliphatic hydroxyl groups excluding tert-OH is 1. The SMILES string of the molecule is Cc1ccc(CCCCCC(=O)N[C@H](C(=O)N2C[C@H](O)C[C@H]2C(=O)N[C@@H](C)c2ccc(-c3scnc3C)cc2)C(C)(C)C)cc1OC[C@H](CCC(N)=O)NC(=O)[C@@H]1Cc2cccc3c2N1C(=O)[C@@H](N)CC3. The minimum Gasteiger partial charge on any atom is -0.491 e. The van der Waals surface area contributed by atoms with Gasteiger partial charge in [0.05, 0.1) is 46.0 Å². The third kappa shape index (κ3) is 12.8. The summed E-state index contributed by atoms with van der Waals surface area (Å²) in [7, 11) is 0. The number of carbonyl (C=O) groups excluding carboxylic acids is 6. The van der Waals surface area contributed by atoms with Gasteiger partial charge in [-0.2, -0.15) is 0 Å². The number of nitrogens with one attached hydrogen (secondary N) is 3. The van der Waals surface area contributed by atoms with Crippen LogP contribution in [0.4, 0.5) is 5.69 Å². The van der Waals surface area contributed by atoms with Gasteiger partial charge >= 0.3 is 0 Å². The number of nitrogens with two attached hydrogens (primary N) is 2. The summed E-state index contributed by atoms with van der Waals surface area (Å²) in [5, 5.41) is 19.8. The normalized spacial score (nSPS) is 19.9. The Morgan fingerprint density at radius 3 is 2.37 bits per heavy atom. The fraction of sp³-hybridized carbons (Fsp3) is 0.500. The second-order valence-corrected chi connectivity index (χ2v) is 21.4. The van der Waals surface area contributed by atoms with E-state index in [0.717, 1.165) is 68.9 Å². The summed E-state index contributed by atoms with van der Waals surface area (Å²) in [6.07, 6.45) is 4.06. The maximum absolute atomic E-state index is 14.2. The lowest BCUT2D eigenvalue weighted by atomic mass is 9.85. The van der Waals surface area contributed by atoms with E-state index in [9.17, 15) is 33.9 Å². The zero-order chi connectivity index (χ0) is 51.1. The zero-order valence-corrected chi connectivity index (χ0v) is 42.6. The van der Waals surface area contributed by atoms with Crippen LogP contribution in [0.5, 0.6) is 5.75 Å². The van der Waals surface area contributed by atoms with Gasteiger partial charge in [0.1, 0.15) is 30.5 Å². The molecule has 4 heterocycles. The van der Waals surface area contributed by atoms with Crippen molar-refractivity contribution in [1.29, 1.82) is 0 Å². The number of aryl methyl sites for hydroxylation is 4. The van der Waals surface area contributed by atoms with Crippen LogP contribution < -0.4 is 37.1 Å². The number of para-hydroxylation sites is 1. The summed E-state index contributed by atoms with van der Waals surface area (Å²) in [6, 6.07) is 15.5. The number of nitrogens with zero attached hydrogens (tertiary/aromatic N) is 3. The highest BCUT2D eigenvalue weighted by atomic mass is 32.1. The minimum atomic E-state index is -0.920. The van der Waals surface area contributed by atoms with Crippen molar-refractivity contribution in [2.45, 2.75) is 155 Å². The van der Waals surface area contributed by atoms with Crippen LogP contribution in [0.15, 0.2) is 66.2 Å². The van der Waals surface area contributed by atoms with E-state index in [2.05, 4.69) is 20.9 Å². The molecule has 0 spiro atoms. The Balaban J connectivity index is 0.886. The Bertz CT molecular complexity index is 2590. The fourth-order valence-corrected chi connectivity index (χ4v) is 10.7. The molecule has 1 aromatic heterocycles. The van der Waals surface area contributed by atoms with Gasteiger partial charge in [-0.25, -0.2) is 4.98 Å². The lowest BCUT2D eigenvalue weighted by molar-refractivity contribution is -0.144. The van der Waals surface area contributed by atoms with Crippen LogP contribution >= 0.6 is 11.3 Å². The topological polar surface area (TPSA) is 239 Å². The Hall–Kier alpha value is -6.17. The third-order valence-corrected chi connectivity index (χ3v) is 14.9. The van der Waals surface area contributed by atoms with Gasteiger partial charge in [0.2, 0.25) is 35.4 Å². The summed E-state index contributed by atoms with van der Waals surface area (Å²) >= 11 is 1.57. The minimum absolute atomic E-state index is 0.0104. The monoisotopic (exact) mass is 991 g/mol. The Morgan fingerprint density at radius 2 is 1.66 bits per heavy atom. The molecule has 0 aliphatic carbocycles. The number of thiazole rings is 1. The number of primary amides is 1. The Labute approximate surface area is 420 Å². The molecule has 0 radical (unpaired) electrons. The molecular weight excluding hydrogens is 921 g/mol. The molecule has 17 heteroatoms. The molecule has 0 unspecified atom stereocenters. The lowest BCUT2D eigenvalue weighted by Crippen LogP contribution is -2.57. The number of β-amino-alcohol motifs (C(OH)–C–C–N with tert-alkyl or cyclic N) is 1. The molecule has 3 aliphatic heterocycles. The molecule has 4 aromatic rings. The van der Waals surface area contributed by atoms with Gasteiger partial charge in [-0.15, -0.1) is 11.3 Å². The molecule has 1 fully saturated rings. The molecule has 7 atom stereocenters. The van der Waals surface area contributed by atoms with E-state index >= 15 is 0 Å². The lowest BCUT2D eigenvalue weighted by Gasteiger charge is -2.35. The van der Waals surface area contributed by atoms with Crippen molar-refractivity contribution in [2.24, 2.45) is 16.9 Å². The van der Waals surface area contributed by atoms with Gasteiger partial charge in [0.25, 0.3) is 0 Å². The van der Waals surface area contributed by atoms with Crippen LogP contribution in [0.2, 0.25) is 0 Å². The van der Waals surface area contributed by atoms with Crippen molar-refractivity contribution >= 4 is 52.5 Å². The number of anilines is 1. The van der Waals surface area contributed by atoms with E-state index in [4.69, 9.17) is 16.2 Å². The van der Waals surface area contributed by atoms with E-state index < -0.39 is 53.5 Å². The number of ether oxygens (including phenoxy) is 1. The van der Waals surface area contributed by atoms with Crippen LogP contribution in [0.25, 0.3) is 10.4 Å². The fourth-order valence-electron chi connectivity index (χ4n) is 9.86. The number of benzene rings is 3. The number of aromatic nitrogens is 1. The number of carbonyl (C=O) groups is 6. The van der Waals surface area contributed by atoms with Crippen molar-refractivity contribution in [3.05, 3.63) is 99.7 Å². The highest BCUT2D eigenvalue weighted by Gasteiger charge is 2.45. The first kappa shape index (κ1) is 52.6. The average Bonchev–Trinajstić information content (AvgIpc) is 4.05. The van der Waals surface area contributed by atoms with Gasteiger partial charge in [-0.1, -0.05) is 81.8 Å². The van der Waals surface area contributed by atoms with Crippen LogP contribution in [0.3, 0.4) is 0 Å². The van der Waals surface area contributed by atoms with E-state index in [1.807, 2.05) is 108 Å². The van der Waals surface area contributed by atoms with Crippen LogP contribution in [-0.4, -0.2) is 99.9 Å². The molecule has 8 N–H and O–H groups in total. The van der Waals surface area contributed by atoms with Crippen molar-refractivity contribution in [3.63, 3.8) is 0 Å². The smallest absolute Gasteiger partial charge is 0.246 e. The molecule has 7 rings (SSSR count). The second kappa shape index (κ2) is 22.9. The first-order valence-electron chi connectivity index (χ1n) is 24.9. The molecule has 71 heavy (non-hydrogen) atoms.